The highest BCUT2D eigenvalue weighted by atomic mass is 31.0. The molecular weight excluding hydrogens is 309 g/mol. The van der Waals surface area contributed by atoms with Crippen LogP contribution in [-0.4, -0.2) is 33.1 Å². The minimum atomic E-state index is -0.958. The predicted molar refractivity (Wildman–Crippen MR) is 92.4 cm³/mol. The van der Waals surface area contributed by atoms with Crippen molar-refractivity contribution < 1.29 is 9.90 Å². The molecule has 5 nitrogen and oxygen atoms in total. The number of hydrogen-bond acceptors (Lipinski definition) is 4. The molecule has 2 rings (SSSR count). The summed E-state index contributed by atoms with van der Waals surface area (Å²) >= 11 is 0. The first-order chi connectivity index (χ1) is 10.8. The van der Waals surface area contributed by atoms with E-state index in [1.807, 2.05) is 18.2 Å². The van der Waals surface area contributed by atoms with Gasteiger partial charge in [0.15, 0.2) is 0 Å². The molecule has 0 radical (unpaired) electrons. The van der Waals surface area contributed by atoms with Crippen LogP contribution in [0.2, 0.25) is 0 Å². The first-order valence-corrected chi connectivity index (χ1v) is 7.62. The van der Waals surface area contributed by atoms with Crippen molar-refractivity contribution in [3.8, 4) is 11.8 Å². The fourth-order valence-corrected chi connectivity index (χ4v) is 1.90. The summed E-state index contributed by atoms with van der Waals surface area (Å²) in [5.41, 5.74) is 1.52. The van der Waals surface area contributed by atoms with Crippen molar-refractivity contribution in [3.63, 3.8) is 0 Å². The average molecular weight is 327 g/mol. The molecule has 2 N–H and O–H groups in total. The molecule has 1 unspecified atom stereocenters. The highest BCUT2D eigenvalue weighted by Crippen LogP contribution is 2.02. The van der Waals surface area contributed by atoms with E-state index < -0.39 is 5.60 Å². The maximum absolute atomic E-state index is 11.9. The molecule has 0 aliphatic heterocycles. The fraction of sp³-hybridized carbons (Fsp3) is 0.235. The van der Waals surface area contributed by atoms with Crippen molar-refractivity contribution in [3.05, 3.63) is 53.5 Å². The molecule has 2 aromatic rings. The van der Waals surface area contributed by atoms with Gasteiger partial charge in [0.25, 0.3) is 5.91 Å². The minimum absolute atomic E-state index is 0.159. The number of carbonyl (C=O) groups is 1. The summed E-state index contributed by atoms with van der Waals surface area (Å²) in [4.78, 5) is 20.2. The van der Waals surface area contributed by atoms with E-state index in [9.17, 15) is 9.90 Å². The monoisotopic (exact) mass is 327 g/mol. The van der Waals surface area contributed by atoms with Gasteiger partial charge in [-0.15, -0.1) is 0 Å². The molecule has 0 fully saturated rings. The number of rotatable bonds is 3. The van der Waals surface area contributed by atoms with Gasteiger partial charge in [-0.1, -0.05) is 21.2 Å². The van der Waals surface area contributed by atoms with Crippen LogP contribution in [0.4, 0.5) is 0 Å². The number of nitrogens with one attached hydrogen (secondary N) is 1. The summed E-state index contributed by atoms with van der Waals surface area (Å²) in [7, 11) is 2.52. The highest BCUT2D eigenvalue weighted by Gasteiger charge is 2.15. The molecule has 6 heteroatoms. The van der Waals surface area contributed by atoms with Gasteiger partial charge in [-0.2, -0.15) is 0 Å². The number of hydrogen-bond donors (Lipinski definition) is 2. The standard InChI is InChI=1S/C17H18N3O2P/c1-17(2,22)11-19-16(21)14-9-7-12(10-18-14)6-8-13-4-3-5-15(23)20-13/h3-5,7,9-10,22H,11,23H2,1-2H3,(H,19,21). The van der Waals surface area contributed by atoms with Crippen molar-refractivity contribution >= 4 is 20.6 Å². The van der Waals surface area contributed by atoms with Gasteiger partial charge < -0.3 is 10.4 Å². The van der Waals surface area contributed by atoms with Crippen molar-refractivity contribution in [1.29, 1.82) is 0 Å². The topological polar surface area (TPSA) is 75.1 Å². The Hall–Kier alpha value is -2.28. The molecule has 0 aliphatic rings. The third-order valence-corrected chi connectivity index (χ3v) is 3.10. The Labute approximate surface area is 137 Å². The normalized spacial score (nSPS) is 10.6. The third kappa shape index (κ3) is 5.78. The number of amides is 1. The maximum Gasteiger partial charge on any atom is 0.269 e. The van der Waals surface area contributed by atoms with Crippen LogP contribution in [-0.2, 0) is 0 Å². The minimum Gasteiger partial charge on any atom is -0.389 e. The molecule has 0 spiro atoms. The van der Waals surface area contributed by atoms with E-state index in [-0.39, 0.29) is 18.1 Å². The summed E-state index contributed by atoms with van der Waals surface area (Å²) in [5.74, 6) is 5.57. The Morgan fingerprint density at radius 2 is 2.09 bits per heavy atom. The van der Waals surface area contributed by atoms with Crippen LogP contribution in [0.1, 0.15) is 35.6 Å². The first-order valence-electron chi connectivity index (χ1n) is 7.05. The van der Waals surface area contributed by atoms with Gasteiger partial charge in [-0.3, -0.25) is 4.79 Å². The molecule has 0 aromatic carbocycles. The quantitative estimate of drug-likeness (QED) is 0.648. The molecule has 0 aliphatic carbocycles. The van der Waals surface area contributed by atoms with Gasteiger partial charge in [0.2, 0.25) is 0 Å². The average Bonchev–Trinajstić information content (AvgIpc) is 2.50. The lowest BCUT2D eigenvalue weighted by atomic mass is 10.1. The zero-order valence-electron chi connectivity index (χ0n) is 13.0. The number of aliphatic hydroxyl groups is 1. The van der Waals surface area contributed by atoms with E-state index in [0.29, 0.717) is 11.3 Å². The summed E-state index contributed by atoms with van der Waals surface area (Å²) in [6.45, 7) is 3.40. The summed E-state index contributed by atoms with van der Waals surface area (Å²) < 4.78 is 0. The number of aromatic nitrogens is 2. The van der Waals surface area contributed by atoms with E-state index in [1.165, 1.54) is 6.20 Å². The van der Waals surface area contributed by atoms with Gasteiger partial charge in [0, 0.05) is 18.3 Å². The van der Waals surface area contributed by atoms with Crippen LogP contribution < -0.4 is 10.8 Å². The molecule has 0 saturated carbocycles. The molecule has 0 bridgehead atoms. The summed E-state index contributed by atoms with van der Waals surface area (Å²) in [6.07, 6.45) is 1.54. The third-order valence-electron chi connectivity index (χ3n) is 2.78. The fourth-order valence-electron chi connectivity index (χ4n) is 1.65. The lowest BCUT2D eigenvalue weighted by molar-refractivity contribution is 0.0692. The second-order valence-corrected chi connectivity index (χ2v) is 6.22. The van der Waals surface area contributed by atoms with Gasteiger partial charge in [0.05, 0.1) is 11.0 Å². The van der Waals surface area contributed by atoms with Gasteiger partial charge in [0.1, 0.15) is 11.4 Å². The molecule has 1 amide bonds. The molecular formula is C17H18N3O2P. The number of carbonyl (C=O) groups excluding carboxylic acids is 1. The largest absolute Gasteiger partial charge is 0.389 e. The molecule has 0 saturated heterocycles. The zero-order chi connectivity index (χ0) is 16.9. The van der Waals surface area contributed by atoms with Crippen LogP contribution >= 0.6 is 9.24 Å². The van der Waals surface area contributed by atoms with Crippen LogP contribution in [0.15, 0.2) is 36.5 Å². The smallest absolute Gasteiger partial charge is 0.269 e. The maximum atomic E-state index is 11.9. The second-order valence-electron chi connectivity index (χ2n) is 5.62. The van der Waals surface area contributed by atoms with E-state index in [1.54, 1.807) is 26.0 Å². The molecule has 1 atom stereocenters. The van der Waals surface area contributed by atoms with Crippen molar-refractivity contribution in [2.45, 2.75) is 19.4 Å². The SMILES string of the molecule is CC(C)(O)CNC(=O)c1ccc(C#Cc2cccc(P)n2)cn1. The lowest BCUT2D eigenvalue weighted by Gasteiger charge is -2.17. The van der Waals surface area contributed by atoms with Crippen LogP contribution in [0, 0.1) is 11.8 Å². The van der Waals surface area contributed by atoms with Crippen molar-refractivity contribution in [2.75, 3.05) is 6.54 Å². The molecule has 2 heterocycles. The van der Waals surface area contributed by atoms with E-state index in [4.69, 9.17) is 0 Å². The van der Waals surface area contributed by atoms with Crippen molar-refractivity contribution in [2.24, 2.45) is 0 Å². The summed E-state index contributed by atoms with van der Waals surface area (Å²) in [6, 6.07) is 8.91. The van der Waals surface area contributed by atoms with E-state index in [2.05, 4.69) is 36.4 Å². The van der Waals surface area contributed by atoms with E-state index in [0.717, 1.165) is 5.44 Å². The first kappa shape index (κ1) is 17.1. The van der Waals surface area contributed by atoms with Crippen LogP contribution in [0.25, 0.3) is 0 Å². The second kappa shape index (κ2) is 7.32. The molecule has 2 aromatic heterocycles. The highest BCUT2D eigenvalue weighted by molar-refractivity contribution is 7.26. The number of pyridine rings is 2. The van der Waals surface area contributed by atoms with E-state index >= 15 is 0 Å². The summed E-state index contributed by atoms with van der Waals surface area (Å²) in [5, 5.41) is 12.2. The Kier molecular flexibility index (Phi) is 5.44. The van der Waals surface area contributed by atoms with Crippen molar-refractivity contribution in [1.82, 2.24) is 15.3 Å². The Balaban J connectivity index is 2.04. The Morgan fingerprint density at radius 3 is 2.70 bits per heavy atom. The van der Waals surface area contributed by atoms with Gasteiger partial charge >= 0.3 is 0 Å². The Bertz CT molecular complexity index is 756. The molecule has 23 heavy (non-hydrogen) atoms. The van der Waals surface area contributed by atoms with Crippen LogP contribution in [0.5, 0.6) is 0 Å². The Morgan fingerprint density at radius 1 is 1.30 bits per heavy atom. The van der Waals surface area contributed by atoms with Gasteiger partial charge in [-0.05, 0) is 44.0 Å². The van der Waals surface area contributed by atoms with Gasteiger partial charge in [-0.25, -0.2) is 9.97 Å². The van der Waals surface area contributed by atoms with Crippen LogP contribution in [0.3, 0.4) is 0 Å². The lowest BCUT2D eigenvalue weighted by Crippen LogP contribution is -2.38. The zero-order valence-corrected chi connectivity index (χ0v) is 14.2. The number of nitrogens with zero attached hydrogens (tertiary/aromatic N) is 2. The predicted octanol–water partition coefficient (Wildman–Crippen LogP) is 0.878. The molecule has 118 valence electrons.